The maximum atomic E-state index is 12.7. The molecule has 2 unspecified atom stereocenters. The van der Waals surface area contributed by atoms with Crippen molar-refractivity contribution in [3.8, 4) is 0 Å². The van der Waals surface area contributed by atoms with Crippen LogP contribution >= 0.6 is 15.9 Å². The number of nitrogens with one attached hydrogen (secondary N) is 1. The number of hydrogen-bond acceptors (Lipinski definition) is 1. The molecule has 1 aliphatic carbocycles. The molecular formula is C14H17BrF3N. The van der Waals surface area contributed by atoms with Crippen LogP contribution in [0.3, 0.4) is 0 Å². The summed E-state index contributed by atoms with van der Waals surface area (Å²) in [4.78, 5) is 0. The molecule has 1 saturated carbocycles. The van der Waals surface area contributed by atoms with Gasteiger partial charge in [-0.15, -0.1) is 0 Å². The molecule has 0 aromatic heterocycles. The van der Waals surface area contributed by atoms with Crippen LogP contribution in [0.4, 0.5) is 18.9 Å². The van der Waals surface area contributed by atoms with E-state index in [-0.39, 0.29) is 18.9 Å². The van der Waals surface area contributed by atoms with E-state index in [0.717, 1.165) is 22.1 Å². The van der Waals surface area contributed by atoms with Crippen molar-refractivity contribution in [2.45, 2.75) is 44.8 Å². The fourth-order valence-electron chi connectivity index (χ4n) is 2.54. The molecule has 0 aliphatic heterocycles. The molecule has 0 bridgehead atoms. The smallest absolute Gasteiger partial charge is 0.382 e. The summed E-state index contributed by atoms with van der Waals surface area (Å²) >= 11 is 3.43. The van der Waals surface area contributed by atoms with E-state index < -0.39 is 12.1 Å². The summed E-state index contributed by atoms with van der Waals surface area (Å²) < 4.78 is 39.2. The SMILES string of the molecule is Cc1ccc(NC2CCCC(C(F)(F)F)C2)cc1Br. The fraction of sp³-hybridized carbons (Fsp3) is 0.571. The quantitative estimate of drug-likeness (QED) is 0.774. The second-order valence-corrected chi connectivity index (χ2v) is 6.06. The molecule has 1 aromatic carbocycles. The minimum Gasteiger partial charge on any atom is -0.382 e. The Balaban J connectivity index is 2.00. The molecule has 1 N–H and O–H groups in total. The van der Waals surface area contributed by atoms with Crippen LogP contribution in [0.25, 0.3) is 0 Å². The van der Waals surface area contributed by atoms with E-state index in [4.69, 9.17) is 0 Å². The zero-order valence-corrected chi connectivity index (χ0v) is 12.3. The van der Waals surface area contributed by atoms with Crippen LogP contribution in [0.15, 0.2) is 22.7 Å². The third-order valence-electron chi connectivity index (χ3n) is 3.68. The summed E-state index contributed by atoms with van der Waals surface area (Å²) in [5.41, 5.74) is 1.99. The van der Waals surface area contributed by atoms with E-state index >= 15 is 0 Å². The number of rotatable bonds is 2. The van der Waals surface area contributed by atoms with Crippen molar-refractivity contribution < 1.29 is 13.2 Å². The number of anilines is 1. The molecule has 0 amide bonds. The summed E-state index contributed by atoms with van der Waals surface area (Å²) in [6.07, 6.45) is -2.19. The van der Waals surface area contributed by atoms with Crippen LogP contribution in [-0.4, -0.2) is 12.2 Å². The average molecular weight is 336 g/mol. The van der Waals surface area contributed by atoms with E-state index in [0.29, 0.717) is 6.42 Å². The molecule has 0 saturated heterocycles. The Labute approximate surface area is 119 Å². The molecule has 0 spiro atoms. The summed E-state index contributed by atoms with van der Waals surface area (Å²) in [6, 6.07) is 5.70. The number of hydrogen-bond donors (Lipinski definition) is 1. The lowest BCUT2D eigenvalue weighted by Gasteiger charge is -2.31. The molecule has 2 rings (SSSR count). The number of aryl methyl sites for hydroxylation is 1. The molecular weight excluding hydrogens is 319 g/mol. The Morgan fingerprint density at radius 1 is 1.26 bits per heavy atom. The predicted molar refractivity (Wildman–Crippen MR) is 74.3 cm³/mol. The van der Waals surface area contributed by atoms with E-state index in [9.17, 15) is 13.2 Å². The molecule has 106 valence electrons. The number of halogens is 4. The molecule has 1 aliphatic rings. The maximum Gasteiger partial charge on any atom is 0.391 e. The average Bonchev–Trinajstić information content (AvgIpc) is 2.33. The third kappa shape index (κ3) is 3.88. The highest BCUT2D eigenvalue weighted by atomic mass is 79.9. The van der Waals surface area contributed by atoms with Gasteiger partial charge in [-0.2, -0.15) is 13.2 Å². The standard InChI is InChI=1S/C14H17BrF3N/c1-9-5-6-12(8-13(9)15)19-11-4-2-3-10(7-11)14(16,17)18/h5-6,8,10-11,19H,2-4,7H2,1H3. The van der Waals surface area contributed by atoms with Crippen LogP contribution in [0.1, 0.15) is 31.2 Å². The third-order valence-corrected chi connectivity index (χ3v) is 4.53. The topological polar surface area (TPSA) is 12.0 Å². The zero-order chi connectivity index (χ0) is 14.0. The first kappa shape index (κ1) is 14.7. The van der Waals surface area contributed by atoms with Crippen LogP contribution in [0, 0.1) is 12.8 Å². The van der Waals surface area contributed by atoms with Crippen LogP contribution in [0.5, 0.6) is 0 Å². The predicted octanol–water partition coefficient (Wildman–Crippen LogP) is 5.29. The normalized spacial score (nSPS) is 24.3. The Bertz CT molecular complexity index is 445. The van der Waals surface area contributed by atoms with Gasteiger partial charge in [0.05, 0.1) is 5.92 Å². The highest BCUT2D eigenvalue weighted by molar-refractivity contribution is 9.10. The van der Waals surface area contributed by atoms with Gasteiger partial charge in [0.1, 0.15) is 0 Å². The number of alkyl halides is 3. The van der Waals surface area contributed by atoms with Gasteiger partial charge in [-0.05, 0) is 43.9 Å². The highest BCUT2D eigenvalue weighted by Crippen LogP contribution is 2.38. The van der Waals surface area contributed by atoms with Crippen molar-refractivity contribution in [3.63, 3.8) is 0 Å². The minimum atomic E-state index is -4.06. The van der Waals surface area contributed by atoms with E-state index in [1.165, 1.54) is 0 Å². The van der Waals surface area contributed by atoms with Gasteiger partial charge >= 0.3 is 6.18 Å². The van der Waals surface area contributed by atoms with Gasteiger partial charge < -0.3 is 5.32 Å². The first-order chi connectivity index (χ1) is 8.86. The Kier molecular flexibility index (Phi) is 4.43. The lowest BCUT2D eigenvalue weighted by atomic mass is 9.85. The lowest BCUT2D eigenvalue weighted by molar-refractivity contribution is -0.182. The summed E-state index contributed by atoms with van der Waals surface area (Å²) in [5.74, 6) is -1.16. The molecule has 0 heterocycles. The van der Waals surface area contributed by atoms with Crippen molar-refractivity contribution in [1.82, 2.24) is 0 Å². The second kappa shape index (κ2) is 5.73. The first-order valence-electron chi connectivity index (χ1n) is 6.45. The minimum absolute atomic E-state index is 0.0880. The molecule has 1 fully saturated rings. The van der Waals surface area contributed by atoms with Gasteiger partial charge in [0.2, 0.25) is 0 Å². The van der Waals surface area contributed by atoms with Crippen molar-refractivity contribution in [2.75, 3.05) is 5.32 Å². The number of benzene rings is 1. The molecule has 1 aromatic rings. The molecule has 2 atom stereocenters. The monoisotopic (exact) mass is 335 g/mol. The Morgan fingerprint density at radius 3 is 2.63 bits per heavy atom. The van der Waals surface area contributed by atoms with Gasteiger partial charge in [0.15, 0.2) is 0 Å². The summed E-state index contributed by atoms with van der Waals surface area (Å²) in [5, 5.41) is 3.22. The zero-order valence-electron chi connectivity index (χ0n) is 10.7. The van der Waals surface area contributed by atoms with Crippen molar-refractivity contribution in [3.05, 3.63) is 28.2 Å². The van der Waals surface area contributed by atoms with Crippen molar-refractivity contribution in [1.29, 1.82) is 0 Å². The summed E-state index contributed by atoms with van der Waals surface area (Å²) in [6.45, 7) is 1.98. The van der Waals surface area contributed by atoms with Gasteiger partial charge in [-0.3, -0.25) is 0 Å². The van der Waals surface area contributed by atoms with Gasteiger partial charge in [-0.1, -0.05) is 28.4 Å². The van der Waals surface area contributed by atoms with Crippen LogP contribution in [0.2, 0.25) is 0 Å². The molecule has 5 heteroatoms. The Hall–Kier alpha value is -0.710. The Morgan fingerprint density at radius 2 is 2.00 bits per heavy atom. The van der Waals surface area contributed by atoms with E-state index in [1.807, 2.05) is 25.1 Å². The molecule has 19 heavy (non-hydrogen) atoms. The van der Waals surface area contributed by atoms with E-state index in [1.54, 1.807) is 0 Å². The fourth-order valence-corrected chi connectivity index (χ4v) is 2.92. The van der Waals surface area contributed by atoms with E-state index in [2.05, 4.69) is 21.2 Å². The largest absolute Gasteiger partial charge is 0.391 e. The van der Waals surface area contributed by atoms with Crippen molar-refractivity contribution >= 4 is 21.6 Å². The van der Waals surface area contributed by atoms with Gasteiger partial charge in [-0.25, -0.2) is 0 Å². The summed E-state index contributed by atoms with van der Waals surface area (Å²) in [7, 11) is 0. The second-order valence-electron chi connectivity index (χ2n) is 5.21. The first-order valence-corrected chi connectivity index (χ1v) is 7.25. The molecule has 1 nitrogen and oxygen atoms in total. The molecule has 0 radical (unpaired) electrons. The van der Waals surface area contributed by atoms with Crippen molar-refractivity contribution in [2.24, 2.45) is 5.92 Å². The van der Waals surface area contributed by atoms with Gasteiger partial charge in [0, 0.05) is 16.2 Å². The maximum absolute atomic E-state index is 12.7. The lowest BCUT2D eigenvalue weighted by Crippen LogP contribution is -2.34. The van der Waals surface area contributed by atoms with Crippen LogP contribution in [-0.2, 0) is 0 Å². The van der Waals surface area contributed by atoms with Crippen LogP contribution < -0.4 is 5.32 Å². The van der Waals surface area contributed by atoms with Gasteiger partial charge in [0.25, 0.3) is 0 Å². The highest BCUT2D eigenvalue weighted by Gasteiger charge is 2.42.